The summed E-state index contributed by atoms with van der Waals surface area (Å²) in [5.41, 5.74) is 2.15. The third-order valence-electron chi connectivity index (χ3n) is 5.68. The molecule has 4 rings (SSSR count). The molecule has 1 N–H and O–H groups in total. The molecule has 9 nitrogen and oxygen atoms in total. The van der Waals surface area contributed by atoms with Crippen LogP contribution in [0.4, 0.5) is 5.00 Å². The number of thiophene rings is 1. The van der Waals surface area contributed by atoms with E-state index in [9.17, 15) is 18.0 Å². The predicted octanol–water partition coefficient (Wildman–Crippen LogP) is 5.38. The molecule has 2 aromatic heterocycles. The molecule has 0 atom stereocenters. The minimum Gasteiger partial charge on any atom is -0.462 e. The Morgan fingerprint density at radius 2 is 1.85 bits per heavy atom. The maximum absolute atomic E-state index is 13.0. The van der Waals surface area contributed by atoms with Crippen LogP contribution in [0.3, 0.4) is 0 Å². The summed E-state index contributed by atoms with van der Waals surface area (Å²) in [6.07, 6.45) is 1.61. The fourth-order valence-electron chi connectivity index (χ4n) is 3.73. The van der Waals surface area contributed by atoms with Gasteiger partial charge in [-0.2, -0.15) is 0 Å². The lowest BCUT2D eigenvalue weighted by molar-refractivity contribution is -0.113. The van der Waals surface area contributed by atoms with Crippen LogP contribution in [0.15, 0.2) is 83.4 Å². The van der Waals surface area contributed by atoms with Crippen LogP contribution in [0.25, 0.3) is 10.4 Å². The summed E-state index contributed by atoms with van der Waals surface area (Å²) in [7, 11) is -3.66. The van der Waals surface area contributed by atoms with Gasteiger partial charge in [-0.3, -0.25) is 4.79 Å². The van der Waals surface area contributed by atoms with Gasteiger partial charge in [-0.1, -0.05) is 65.9 Å². The number of carbonyl (C=O) groups is 2. The molecule has 208 valence electrons. The van der Waals surface area contributed by atoms with Gasteiger partial charge in [0.15, 0.2) is 15.0 Å². The van der Waals surface area contributed by atoms with Gasteiger partial charge in [0.2, 0.25) is 5.91 Å². The standard InChI is InChI=1S/C28H28N4O5S3/c1-4-15-32-24(18-40(35,36)21-13-11-19(3)12-14-21)30-31-28(32)38-17-25(33)29-26-22(27(34)37-5-2)16-23(39-26)20-9-7-6-8-10-20/h4,6-14,16H,1,5,15,17-18H2,2-3H3,(H,29,33). The number of benzene rings is 2. The lowest BCUT2D eigenvalue weighted by Gasteiger charge is -2.09. The van der Waals surface area contributed by atoms with Crippen molar-refractivity contribution >= 4 is 49.8 Å². The lowest BCUT2D eigenvalue weighted by atomic mass is 10.1. The van der Waals surface area contributed by atoms with Gasteiger partial charge in [0, 0.05) is 11.4 Å². The number of hydrogen-bond acceptors (Lipinski definition) is 9. The molecule has 2 aromatic carbocycles. The lowest BCUT2D eigenvalue weighted by Crippen LogP contribution is -2.16. The summed E-state index contributed by atoms with van der Waals surface area (Å²) in [5, 5.41) is 11.8. The van der Waals surface area contributed by atoms with Gasteiger partial charge >= 0.3 is 5.97 Å². The van der Waals surface area contributed by atoms with Gasteiger partial charge < -0.3 is 14.6 Å². The van der Waals surface area contributed by atoms with Crippen LogP contribution < -0.4 is 5.32 Å². The number of aromatic nitrogens is 3. The number of aryl methyl sites for hydroxylation is 1. The van der Waals surface area contributed by atoms with Gasteiger partial charge in [0.25, 0.3) is 0 Å². The van der Waals surface area contributed by atoms with Crippen LogP contribution >= 0.6 is 23.1 Å². The molecular weight excluding hydrogens is 569 g/mol. The summed E-state index contributed by atoms with van der Waals surface area (Å²) in [5.74, 6) is -1.02. The molecule has 0 fully saturated rings. The summed E-state index contributed by atoms with van der Waals surface area (Å²) in [4.78, 5) is 26.5. The van der Waals surface area contributed by atoms with Crippen molar-refractivity contribution in [2.24, 2.45) is 0 Å². The number of allylic oxidation sites excluding steroid dienone is 1. The Morgan fingerprint density at radius 1 is 1.12 bits per heavy atom. The first-order valence-electron chi connectivity index (χ1n) is 12.3. The monoisotopic (exact) mass is 596 g/mol. The van der Waals surface area contributed by atoms with Crippen LogP contribution in [0.1, 0.15) is 28.7 Å². The van der Waals surface area contributed by atoms with Gasteiger partial charge in [0.1, 0.15) is 16.6 Å². The molecule has 2 heterocycles. The SMILES string of the molecule is C=CCn1c(CS(=O)(=O)c2ccc(C)cc2)nnc1SCC(=O)Nc1sc(-c2ccccc2)cc1C(=O)OCC. The number of nitrogens with one attached hydrogen (secondary N) is 1. The van der Waals surface area contributed by atoms with Crippen molar-refractivity contribution in [1.82, 2.24) is 14.8 Å². The zero-order valence-electron chi connectivity index (χ0n) is 22.0. The van der Waals surface area contributed by atoms with Crippen molar-refractivity contribution in [3.8, 4) is 10.4 Å². The van der Waals surface area contributed by atoms with E-state index in [1.54, 1.807) is 47.9 Å². The number of hydrogen-bond donors (Lipinski definition) is 1. The number of rotatable bonds is 12. The summed E-state index contributed by atoms with van der Waals surface area (Å²) >= 11 is 2.39. The van der Waals surface area contributed by atoms with E-state index in [0.29, 0.717) is 10.2 Å². The Labute approximate surface area is 241 Å². The molecule has 0 bridgehead atoms. The predicted molar refractivity (Wildman–Crippen MR) is 157 cm³/mol. The molecule has 0 saturated heterocycles. The number of thioether (sulfide) groups is 1. The van der Waals surface area contributed by atoms with Crippen molar-refractivity contribution < 1.29 is 22.7 Å². The minimum absolute atomic E-state index is 0.0408. The largest absolute Gasteiger partial charge is 0.462 e. The highest BCUT2D eigenvalue weighted by Crippen LogP contribution is 2.36. The van der Waals surface area contributed by atoms with E-state index in [1.165, 1.54) is 11.3 Å². The Balaban J connectivity index is 1.49. The van der Waals surface area contributed by atoms with Crippen LogP contribution in [-0.4, -0.2) is 47.4 Å². The zero-order valence-corrected chi connectivity index (χ0v) is 24.4. The second-order valence-electron chi connectivity index (χ2n) is 8.65. The van der Waals surface area contributed by atoms with E-state index < -0.39 is 15.8 Å². The average Bonchev–Trinajstić information content (AvgIpc) is 3.52. The topological polar surface area (TPSA) is 120 Å². The van der Waals surface area contributed by atoms with Crippen molar-refractivity contribution in [1.29, 1.82) is 0 Å². The second-order valence-corrected chi connectivity index (χ2v) is 12.6. The van der Waals surface area contributed by atoms with Gasteiger partial charge in [-0.15, -0.1) is 28.1 Å². The number of ether oxygens (including phenoxy) is 1. The molecule has 1 amide bonds. The zero-order chi connectivity index (χ0) is 28.7. The molecule has 0 unspecified atom stereocenters. The average molecular weight is 597 g/mol. The Morgan fingerprint density at radius 3 is 2.52 bits per heavy atom. The van der Waals surface area contributed by atoms with Crippen LogP contribution in [0, 0.1) is 6.92 Å². The first kappa shape index (κ1) is 29.2. The van der Waals surface area contributed by atoms with Crippen molar-refractivity contribution in [2.45, 2.75) is 36.2 Å². The molecule has 0 radical (unpaired) electrons. The third kappa shape index (κ3) is 7.06. The first-order valence-corrected chi connectivity index (χ1v) is 15.8. The number of nitrogens with zero attached hydrogens (tertiary/aromatic N) is 3. The number of esters is 1. The highest BCUT2D eigenvalue weighted by molar-refractivity contribution is 7.99. The quantitative estimate of drug-likeness (QED) is 0.131. The number of sulfone groups is 1. The van der Waals surface area contributed by atoms with Gasteiger partial charge in [-0.05, 0) is 37.6 Å². The van der Waals surface area contributed by atoms with Crippen LogP contribution in [-0.2, 0) is 31.7 Å². The molecule has 12 heteroatoms. The summed E-state index contributed by atoms with van der Waals surface area (Å²) < 4.78 is 32.7. The summed E-state index contributed by atoms with van der Waals surface area (Å²) in [6.45, 7) is 7.83. The molecule has 0 aliphatic rings. The second kappa shape index (κ2) is 13.1. The van der Waals surface area contributed by atoms with E-state index >= 15 is 0 Å². The molecule has 0 saturated carbocycles. The Hall–Kier alpha value is -3.74. The van der Waals surface area contributed by atoms with Crippen LogP contribution in [0.5, 0.6) is 0 Å². The molecule has 40 heavy (non-hydrogen) atoms. The molecule has 0 aliphatic heterocycles. The summed E-state index contributed by atoms with van der Waals surface area (Å²) in [6, 6.07) is 17.9. The van der Waals surface area contributed by atoms with E-state index in [1.807, 2.05) is 37.3 Å². The fourth-order valence-corrected chi connectivity index (χ4v) is 6.83. The molecule has 0 spiro atoms. The van der Waals surface area contributed by atoms with Gasteiger partial charge in [-0.25, -0.2) is 13.2 Å². The molecule has 4 aromatic rings. The number of amides is 1. The normalized spacial score (nSPS) is 11.2. The van der Waals surface area contributed by atoms with Gasteiger partial charge in [0.05, 0.1) is 22.8 Å². The Kier molecular flexibility index (Phi) is 9.56. The highest BCUT2D eigenvalue weighted by Gasteiger charge is 2.23. The van der Waals surface area contributed by atoms with E-state index in [2.05, 4.69) is 22.1 Å². The van der Waals surface area contributed by atoms with E-state index in [4.69, 9.17) is 4.74 Å². The Bertz CT molecular complexity index is 1610. The molecular formula is C28H28N4O5S3. The van der Waals surface area contributed by atoms with E-state index in [0.717, 1.165) is 27.8 Å². The first-order chi connectivity index (χ1) is 19.2. The third-order valence-corrected chi connectivity index (χ3v) is 9.37. The number of carbonyl (C=O) groups excluding carboxylic acids is 2. The smallest absolute Gasteiger partial charge is 0.341 e. The fraction of sp³-hybridized carbons (Fsp3) is 0.214. The van der Waals surface area contributed by atoms with Crippen LogP contribution in [0.2, 0.25) is 0 Å². The maximum Gasteiger partial charge on any atom is 0.341 e. The van der Waals surface area contributed by atoms with E-state index in [-0.39, 0.29) is 46.8 Å². The van der Waals surface area contributed by atoms with Crippen molar-refractivity contribution in [3.05, 3.63) is 90.3 Å². The van der Waals surface area contributed by atoms with Crippen molar-refractivity contribution in [3.63, 3.8) is 0 Å². The minimum atomic E-state index is -3.66. The highest BCUT2D eigenvalue weighted by atomic mass is 32.2. The molecule has 0 aliphatic carbocycles. The maximum atomic E-state index is 13.0. The number of anilines is 1. The van der Waals surface area contributed by atoms with Crippen molar-refractivity contribution in [2.75, 3.05) is 17.7 Å².